The summed E-state index contributed by atoms with van der Waals surface area (Å²) in [5.74, 6) is -5.31. The summed E-state index contributed by atoms with van der Waals surface area (Å²) in [4.78, 5) is 14.8. The first kappa shape index (κ1) is 25.0. The number of aromatic hydroxyl groups is 1. The Balaban J connectivity index is 1.05. The number of carbonyl (C=O) groups is 1. The Labute approximate surface area is 219 Å². The third-order valence-corrected chi connectivity index (χ3v) is 8.70. The quantitative estimate of drug-likeness (QED) is 0.430. The molecular weight excluding hydrogens is 495 g/mol. The largest absolute Gasteiger partial charge is 0.503 e. The number of halogens is 3. The summed E-state index contributed by atoms with van der Waals surface area (Å²) >= 11 is 0. The van der Waals surface area contributed by atoms with Crippen LogP contribution in [-0.2, 0) is 0 Å². The van der Waals surface area contributed by atoms with Crippen LogP contribution < -0.4 is 15.5 Å². The van der Waals surface area contributed by atoms with Gasteiger partial charge in [0, 0.05) is 36.9 Å². The van der Waals surface area contributed by atoms with Crippen molar-refractivity contribution < 1.29 is 23.1 Å². The molecule has 3 fully saturated rings. The van der Waals surface area contributed by atoms with Crippen molar-refractivity contribution >= 4 is 22.5 Å². The Kier molecular flexibility index (Phi) is 6.67. The number of piperidine rings is 1. The Hall–Kier alpha value is -3.27. The summed E-state index contributed by atoms with van der Waals surface area (Å²) < 4.78 is 43.2. The van der Waals surface area contributed by atoms with E-state index in [9.17, 15) is 18.0 Å². The fourth-order valence-corrected chi connectivity index (χ4v) is 6.37. The highest BCUT2D eigenvalue weighted by Gasteiger charge is 2.33. The molecule has 0 unspecified atom stereocenters. The third-order valence-electron chi connectivity index (χ3n) is 8.70. The Morgan fingerprint density at radius 1 is 1.05 bits per heavy atom. The molecule has 2 atom stereocenters. The highest BCUT2D eigenvalue weighted by molar-refractivity contribution is 5.94. The fraction of sp³-hybridized carbons (Fsp3) is 0.500. The molecule has 3 heterocycles. The highest BCUT2D eigenvalue weighted by atomic mass is 19.2. The minimum atomic E-state index is -1.76. The maximum atomic E-state index is 14.0. The van der Waals surface area contributed by atoms with Crippen molar-refractivity contribution in [2.75, 3.05) is 37.6 Å². The van der Waals surface area contributed by atoms with E-state index in [-0.39, 0.29) is 18.5 Å². The van der Waals surface area contributed by atoms with E-state index in [0.29, 0.717) is 6.07 Å². The van der Waals surface area contributed by atoms with Gasteiger partial charge in [0.1, 0.15) is 0 Å². The summed E-state index contributed by atoms with van der Waals surface area (Å²) in [5, 5.41) is 21.3. The van der Waals surface area contributed by atoms with E-state index < -0.39 is 34.7 Å². The zero-order chi connectivity index (χ0) is 26.4. The Bertz CT molecular complexity index is 1350. The van der Waals surface area contributed by atoms with Crippen molar-refractivity contribution in [1.29, 1.82) is 0 Å². The second-order valence-corrected chi connectivity index (χ2v) is 11.0. The average Bonchev–Trinajstić information content (AvgIpc) is 3.59. The average molecular weight is 528 g/mol. The zero-order valence-corrected chi connectivity index (χ0v) is 21.1. The molecule has 6 rings (SSSR count). The van der Waals surface area contributed by atoms with Crippen molar-refractivity contribution in [3.63, 3.8) is 0 Å². The minimum absolute atomic E-state index is 0.176. The summed E-state index contributed by atoms with van der Waals surface area (Å²) in [6, 6.07) is 7.33. The molecule has 1 aliphatic carbocycles. The van der Waals surface area contributed by atoms with Crippen LogP contribution in [0.25, 0.3) is 10.9 Å². The van der Waals surface area contributed by atoms with Crippen molar-refractivity contribution in [3.8, 4) is 5.75 Å². The van der Waals surface area contributed by atoms with Crippen molar-refractivity contribution in [1.82, 2.24) is 20.4 Å². The maximum absolute atomic E-state index is 14.0. The number of rotatable bonds is 5. The zero-order valence-electron chi connectivity index (χ0n) is 21.1. The SMILES string of the molecule is O=C(NC[C@H]1CC[C@H](n2cc3ccc(N4CC[C@@H]5CNC[C@@H]5C4)cc3n2)CC1)c1cc(F)c(O)c(F)c1F. The number of hydrogen-bond donors (Lipinski definition) is 3. The first-order valence-corrected chi connectivity index (χ1v) is 13.5. The number of hydrogen-bond acceptors (Lipinski definition) is 5. The van der Waals surface area contributed by atoms with E-state index in [1.807, 2.05) is 0 Å². The normalized spacial score (nSPS) is 25.5. The first-order chi connectivity index (χ1) is 18.4. The second-order valence-electron chi connectivity index (χ2n) is 11.0. The lowest BCUT2D eigenvalue weighted by Crippen LogP contribution is -2.39. The van der Waals surface area contributed by atoms with Crippen molar-refractivity contribution in [2.24, 2.45) is 17.8 Å². The van der Waals surface area contributed by atoms with E-state index in [1.165, 1.54) is 12.1 Å². The number of amides is 1. The molecule has 1 saturated carbocycles. The Morgan fingerprint density at radius 2 is 1.84 bits per heavy atom. The number of fused-ring (bicyclic) bond motifs is 2. The molecule has 3 aliphatic rings. The van der Waals surface area contributed by atoms with Crippen LogP contribution in [0.3, 0.4) is 0 Å². The van der Waals surface area contributed by atoms with Crippen LogP contribution in [0.4, 0.5) is 18.9 Å². The van der Waals surface area contributed by atoms with Gasteiger partial charge in [0.05, 0.1) is 17.1 Å². The molecule has 1 aromatic heterocycles. The number of phenolic OH excluding ortho intramolecular Hbond substituents is 1. The monoisotopic (exact) mass is 527 g/mol. The molecule has 2 saturated heterocycles. The van der Waals surface area contributed by atoms with Crippen LogP contribution in [0.2, 0.25) is 0 Å². The van der Waals surface area contributed by atoms with E-state index in [0.717, 1.165) is 74.6 Å². The van der Waals surface area contributed by atoms with Gasteiger partial charge >= 0.3 is 0 Å². The van der Waals surface area contributed by atoms with Crippen molar-refractivity contribution in [2.45, 2.75) is 38.1 Å². The number of carbonyl (C=O) groups excluding carboxylic acids is 1. The van der Waals surface area contributed by atoms with E-state index >= 15 is 0 Å². The molecule has 10 heteroatoms. The molecule has 2 aromatic carbocycles. The molecule has 202 valence electrons. The molecule has 1 amide bonds. The topological polar surface area (TPSA) is 82.4 Å². The van der Waals surface area contributed by atoms with Crippen LogP contribution in [0.15, 0.2) is 30.5 Å². The molecular formula is C28H32F3N5O2. The van der Waals surface area contributed by atoms with Gasteiger partial charge in [-0.25, -0.2) is 8.78 Å². The van der Waals surface area contributed by atoms with Gasteiger partial charge in [-0.15, -0.1) is 0 Å². The number of anilines is 1. The van der Waals surface area contributed by atoms with E-state index in [2.05, 4.69) is 44.6 Å². The van der Waals surface area contributed by atoms with E-state index in [4.69, 9.17) is 10.2 Å². The van der Waals surface area contributed by atoms with E-state index in [1.54, 1.807) is 0 Å². The Morgan fingerprint density at radius 3 is 2.66 bits per heavy atom. The predicted molar refractivity (Wildman–Crippen MR) is 138 cm³/mol. The molecule has 2 aliphatic heterocycles. The maximum Gasteiger partial charge on any atom is 0.254 e. The van der Waals surface area contributed by atoms with Gasteiger partial charge in [0.25, 0.3) is 5.91 Å². The predicted octanol–water partition coefficient (Wildman–Crippen LogP) is 4.37. The summed E-state index contributed by atoms with van der Waals surface area (Å²) in [6.45, 7) is 4.71. The number of nitrogens with zero attached hydrogens (tertiary/aromatic N) is 3. The van der Waals surface area contributed by atoms with Crippen LogP contribution in [-0.4, -0.2) is 53.5 Å². The lowest BCUT2D eigenvalue weighted by atomic mass is 9.86. The highest BCUT2D eigenvalue weighted by Crippen LogP contribution is 2.34. The molecule has 7 nitrogen and oxygen atoms in total. The lowest BCUT2D eigenvalue weighted by Gasteiger charge is -2.36. The molecule has 3 aromatic rings. The fourth-order valence-electron chi connectivity index (χ4n) is 6.37. The molecule has 3 N–H and O–H groups in total. The molecule has 38 heavy (non-hydrogen) atoms. The second kappa shape index (κ2) is 10.1. The first-order valence-electron chi connectivity index (χ1n) is 13.5. The van der Waals surface area contributed by atoms with Gasteiger partial charge in [-0.3, -0.25) is 9.48 Å². The summed E-state index contributed by atoms with van der Waals surface area (Å²) in [6.07, 6.45) is 6.80. The summed E-state index contributed by atoms with van der Waals surface area (Å²) in [5.41, 5.74) is 1.48. The van der Waals surface area contributed by atoms with Gasteiger partial charge in [0.2, 0.25) is 5.82 Å². The molecule has 0 bridgehead atoms. The van der Waals surface area contributed by atoms with Crippen molar-refractivity contribution in [3.05, 3.63) is 53.5 Å². The number of nitrogens with one attached hydrogen (secondary N) is 2. The van der Waals surface area contributed by atoms with Crippen LogP contribution in [0.1, 0.15) is 48.5 Å². The standard InChI is InChI=1S/C28H32F3N5O2/c29-23-10-22(25(30)26(31)27(23)37)28(38)33-11-16-1-4-20(5-2-16)36-15-18-3-6-21(9-24(18)34-36)35-8-7-17-12-32-13-19(17)14-35/h3,6,9-10,15-17,19-20,32,37H,1-2,4-5,7-8,11-14H2,(H,33,38)/t16-,17-,19-,20-/m1/s1. The van der Waals surface area contributed by atoms with Crippen LogP contribution >= 0.6 is 0 Å². The van der Waals surface area contributed by atoms with Gasteiger partial charge in [-0.1, -0.05) is 0 Å². The van der Waals surface area contributed by atoms with Gasteiger partial charge in [0.15, 0.2) is 17.4 Å². The summed E-state index contributed by atoms with van der Waals surface area (Å²) in [7, 11) is 0. The smallest absolute Gasteiger partial charge is 0.254 e. The molecule has 0 radical (unpaired) electrons. The number of benzene rings is 2. The van der Waals surface area contributed by atoms with Gasteiger partial charge < -0.3 is 20.6 Å². The lowest BCUT2D eigenvalue weighted by molar-refractivity contribution is 0.0935. The number of aromatic nitrogens is 2. The van der Waals surface area contributed by atoms with Gasteiger partial charge in [-0.05, 0) is 87.2 Å². The van der Waals surface area contributed by atoms with Gasteiger partial charge in [-0.2, -0.15) is 9.49 Å². The van der Waals surface area contributed by atoms with Crippen LogP contribution in [0, 0.1) is 35.2 Å². The number of phenols is 1. The minimum Gasteiger partial charge on any atom is -0.503 e. The van der Waals surface area contributed by atoms with Crippen LogP contribution in [0.5, 0.6) is 5.75 Å². The molecule has 0 spiro atoms. The third kappa shape index (κ3) is 4.70.